The van der Waals surface area contributed by atoms with Crippen LogP contribution in [0.3, 0.4) is 0 Å². The third-order valence-electron chi connectivity index (χ3n) is 5.30. The first-order valence-corrected chi connectivity index (χ1v) is 10.6. The molecule has 0 heterocycles. The van der Waals surface area contributed by atoms with E-state index in [1.54, 1.807) is 46.9 Å². The molecule has 0 radical (unpaired) electrons. The van der Waals surface area contributed by atoms with Gasteiger partial charge in [-0.15, -0.1) is 0 Å². The largest absolute Gasteiger partial charge is 0.507 e. The summed E-state index contributed by atoms with van der Waals surface area (Å²) in [6.45, 7) is 10.7. The number of carbonyl (C=O) groups is 3. The van der Waals surface area contributed by atoms with Gasteiger partial charge in [0.05, 0.1) is 5.56 Å². The van der Waals surface area contributed by atoms with E-state index in [0.29, 0.717) is 12.1 Å². The van der Waals surface area contributed by atoms with E-state index >= 15 is 0 Å². The molecule has 0 aliphatic rings. The number of phenolic OH excluding ortho intramolecular Hbond substituents is 1. The molecule has 0 spiro atoms. The van der Waals surface area contributed by atoms with Gasteiger partial charge in [-0.1, -0.05) is 46.2 Å². The molecule has 0 aliphatic carbocycles. The molecule has 1 aromatic rings. The first-order chi connectivity index (χ1) is 14.5. The van der Waals surface area contributed by atoms with Crippen molar-refractivity contribution >= 4 is 23.5 Å². The summed E-state index contributed by atoms with van der Waals surface area (Å²) >= 11 is 0. The molecule has 4 unspecified atom stereocenters. The molecule has 0 saturated carbocycles. The molecule has 8 heteroatoms. The molecule has 4 atom stereocenters. The number of amides is 2. The molecular weight excluding hydrogens is 398 g/mol. The van der Waals surface area contributed by atoms with Crippen LogP contribution in [0.1, 0.15) is 58.3 Å². The summed E-state index contributed by atoms with van der Waals surface area (Å²) in [6, 6.07) is 4.67. The lowest BCUT2D eigenvalue weighted by Gasteiger charge is -2.29. The third-order valence-corrected chi connectivity index (χ3v) is 5.30. The maximum absolute atomic E-state index is 12.9. The molecule has 0 bridgehead atoms. The lowest BCUT2D eigenvalue weighted by atomic mass is 9.98. The number of esters is 1. The number of benzene rings is 1. The van der Waals surface area contributed by atoms with Gasteiger partial charge in [0.25, 0.3) is 5.91 Å². The Labute approximate surface area is 184 Å². The highest BCUT2D eigenvalue weighted by atomic mass is 16.5. The van der Waals surface area contributed by atoms with Gasteiger partial charge < -0.3 is 20.5 Å². The van der Waals surface area contributed by atoms with Crippen molar-refractivity contribution in [1.82, 2.24) is 10.6 Å². The predicted molar refractivity (Wildman–Crippen MR) is 120 cm³/mol. The number of phenols is 1. The second-order valence-corrected chi connectivity index (χ2v) is 8.00. The zero-order chi connectivity index (χ0) is 23.7. The summed E-state index contributed by atoms with van der Waals surface area (Å²) < 4.78 is 5.66. The summed E-state index contributed by atoms with van der Waals surface area (Å²) in [5, 5.41) is 15.5. The number of ether oxygens (including phenoxy) is 1. The topological polar surface area (TPSA) is 117 Å². The summed E-state index contributed by atoms with van der Waals surface area (Å²) in [5.74, 6) is -1.86. The molecule has 3 N–H and O–H groups in total. The maximum Gasteiger partial charge on any atom is 0.329 e. The third kappa shape index (κ3) is 7.38. The molecular formula is C23H35N3O5. The van der Waals surface area contributed by atoms with Crippen LogP contribution in [-0.2, 0) is 14.3 Å². The number of rotatable bonds is 10. The van der Waals surface area contributed by atoms with E-state index in [-0.39, 0.29) is 29.1 Å². The number of nitrogens with one attached hydrogen (secondary N) is 2. The van der Waals surface area contributed by atoms with Gasteiger partial charge in [0.1, 0.15) is 23.9 Å². The van der Waals surface area contributed by atoms with Crippen LogP contribution in [0.4, 0.5) is 0 Å². The van der Waals surface area contributed by atoms with Crippen LogP contribution < -0.4 is 10.6 Å². The number of hydrogen-bond donors (Lipinski definition) is 3. The van der Waals surface area contributed by atoms with E-state index in [0.717, 1.165) is 0 Å². The highest BCUT2D eigenvalue weighted by Crippen LogP contribution is 2.17. The van der Waals surface area contributed by atoms with Crippen LogP contribution in [0.15, 0.2) is 29.3 Å². The molecule has 0 fully saturated rings. The first kappa shape index (κ1) is 26.1. The van der Waals surface area contributed by atoms with Gasteiger partial charge in [0.15, 0.2) is 0 Å². The van der Waals surface area contributed by atoms with E-state index in [1.165, 1.54) is 12.1 Å². The van der Waals surface area contributed by atoms with E-state index in [9.17, 15) is 19.5 Å². The quantitative estimate of drug-likeness (QED) is 0.387. The van der Waals surface area contributed by atoms with Gasteiger partial charge in [0.2, 0.25) is 5.91 Å². The lowest BCUT2D eigenvalue weighted by Crippen LogP contribution is -2.52. The van der Waals surface area contributed by atoms with E-state index in [1.807, 2.05) is 13.8 Å². The number of aromatic hydroxyl groups is 1. The Kier molecular flexibility index (Phi) is 10.2. The number of para-hydroxylation sites is 1. The van der Waals surface area contributed by atoms with Crippen LogP contribution >= 0.6 is 0 Å². The van der Waals surface area contributed by atoms with Crippen LogP contribution in [0.25, 0.3) is 0 Å². The van der Waals surface area contributed by atoms with Crippen LogP contribution in [0.2, 0.25) is 0 Å². The van der Waals surface area contributed by atoms with E-state index < -0.39 is 30.1 Å². The highest BCUT2D eigenvalue weighted by molar-refractivity contribution is 6.00. The van der Waals surface area contributed by atoms with Gasteiger partial charge in [0, 0.05) is 18.7 Å². The average Bonchev–Trinajstić information content (AvgIpc) is 2.74. The van der Waals surface area contributed by atoms with Crippen molar-refractivity contribution in [2.24, 2.45) is 16.8 Å². The molecule has 0 aromatic heterocycles. The minimum Gasteiger partial charge on any atom is -0.507 e. The molecule has 1 aromatic carbocycles. The lowest BCUT2D eigenvalue weighted by molar-refractivity contribution is -0.154. The summed E-state index contributed by atoms with van der Waals surface area (Å²) in [6.07, 6.45) is -0.0800. The first-order valence-electron chi connectivity index (χ1n) is 10.6. The molecule has 0 saturated heterocycles. The molecule has 31 heavy (non-hydrogen) atoms. The van der Waals surface area contributed by atoms with Crippen molar-refractivity contribution < 1.29 is 24.2 Å². The van der Waals surface area contributed by atoms with Gasteiger partial charge >= 0.3 is 5.97 Å². The fourth-order valence-corrected chi connectivity index (χ4v) is 2.90. The van der Waals surface area contributed by atoms with Crippen molar-refractivity contribution in [3.8, 4) is 5.75 Å². The smallest absolute Gasteiger partial charge is 0.329 e. The summed E-state index contributed by atoms with van der Waals surface area (Å²) in [5.41, 5.74) is 0.659. The monoisotopic (exact) mass is 433 g/mol. The summed E-state index contributed by atoms with van der Waals surface area (Å²) in [4.78, 5) is 41.9. The Hall–Kier alpha value is -2.90. The predicted octanol–water partition coefficient (Wildman–Crippen LogP) is 2.70. The Balaban J connectivity index is 3.02. The molecule has 172 valence electrons. The standard InChI is InChI=1S/C23H35N3O5/c1-8-14(4)19(25-21(28)13(2)3)23(30)31-16(6)20(15(5)24-7)26-22(29)17-11-9-10-12-18(17)27/h9-14,16,19-20,27H,8H2,1-7H3,(H,25,28)(H,26,29). The number of carbonyl (C=O) groups excluding carboxylic acids is 3. The molecule has 2 amide bonds. The molecule has 0 aliphatic heterocycles. The molecule has 1 rings (SSSR count). The van der Waals surface area contributed by atoms with Crippen molar-refractivity contribution in [1.29, 1.82) is 0 Å². The van der Waals surface area contributed by atoms with Crippen molar-refractivity contribution in [3.63, 3.8) is 0 Å². The zero-order valence-corrected chi connectivity index (χ0v) is 19.4. The second kappa shape index (κ2) is 12.1. The summed E-state index contributed by atoms with van der Waals surface area (Å²) in [7, 11) is 1.58. The van der Waals surface area contributed by atoms with Crippen molar-refractivity contribution in [3.05, 3.63) is 29.8 Å². The van der Waals surface area contributed by atoms with Gasteiger partial charge in [-0.3, -0.25) is 14.6 Å². The minimum atomic E-state index is -0.796. The van der Waals surface area contributed by atoms with E-state index in [4.69, 9.17) is 4.74 Å². The number of hydrogen-bond acceptors (Lipinski definition) is 6. The van der Waals surface area contributed by atoms with Crippen LogP contribution in [-0.4, -0.2) is 53.8 Å². The fourth-order valence-electron chi connectivity index (χ4n) is 2.90. The Morgan fingerprint density at radius 3 is 2.19 bits per heavy atom. The van der Waals surface area contributed by atoms with E-state index in [2.05, 4.69) is 15.6 Å². The highest BCUT2D eigenvalue weighted by Gasteiger charge is 2.32. The second-order valence-electron chi connectivity index (χ2n) is 8.00. The fraction of sp³-hybridized carbons (Fsp3) is 0.565. The average molecular weight is 434 g/mol. The van der Waals surface area contributed by atoms with Crippen molar-refractivity contribution in [2.75, 3.05) is 7.05 Å². The van der Waals surface area contributed by atoms with Gasteiger partial charge in [-0.25, -0.2) is 4.79 Å². The maximum atomic E-state index is 12.9. The molecule has 8 nitrogen and oxygen atoms in total. The normalized spacial score (nSPS) is 15.5. The van der Waals surface area contributed by atoms with Crippen molar-refractivity contribution in [2.45, 2.75) is 66.2 Å². The van der Waals surface area contributed by atoms with Crippen LogP contribution in [0, 0.1) is 11.8 Å². The Bertz CT molecular complexity index is 806. The van der Waals surface area contributed by atoms with Gasteiger partial charge in [-0.2, -0.15) is 0 Å². The number of aliphatic imine (C=N–C) groups is 1. The van der Waals surface area contributed by atoms with Gasteiger partial charge in [-0.05, 0) is 31.9 Å². The SMILES string of the molecule is CCC(C)C(NC(=O)C(C)C)C(=O)OC(C)C(NC(=O)c1ccccc1O)C(C)=NC. The minimum absolute atomic E-state index is 0.108. The zero-order valence-electron chi connectivity index (χ0n) is 19.4. The Morgan fingerprint density at radius 2 is 1.68 bits per heavy atom. The van der Waals surface area contributed by atoms with Crippen LogP contribution in [0.5, 0.6) is 5.75 Å². The number of nitrogens with zero attached hydrogens (tertiary/aromatic N) is 1. The Morgan fingerprint density at radius 1 is 1.06 bits per heavy atom.